The molecule has 0 bridgehead atoms. The number of rotatable bonds is 10. The number of benzene rings is 2. The first-order chi connectivity index (χ1) is 14.8. The predicted octanol–water partition coefficient (Wildman–Crippen LogP) is 4.50. The van der Waals surface area contributed by atoms with Crippen LogP contribution in [0, 0.1) is 0 Å². The second kappa shape index (κ2) is 12.1. The van der Waals surface area contributed by atoms with Crippen molar-refractivity contribution in [2.45, 2.75) is 37.8 Å². The van der Waals surface area contributed by atoms with Gasteiger partial charge in [0, 0.05) is 37.8 Å². The molecule has 1 fully saturated rings. The molecule has 1 saturated carbocycles. The highest BCUT2D eigenvalue weighted by Crippen LogP contribution is 2.25. The van der Waals surface area contributed by atoms with Crippen LogP contribution in [-0.4, -0.2) is 52.3 Å². The van der Waals surface area contributed by atoms with Crippen LogP contribution in [0.4, 0.5) is 0 Å². The minimum atomic E-state index is 0.150. The molecule has 160 valence electrons. The molecule has 0 aliphatic heterocycles. The second-order valence-electron chi connectivity index (χ2n) is 7.15. The van der Waals surface area contributed by atoms with E-state index in [9.17, 15) is 0 Å². The summed E-state index contributed by atoms with van der Waals surface area (Å²) in [6, 6.07) is 16.0. The monoisotopic (exact) mass is 410 g/mol. The van der Waals surface area contributed by atoms with Crippen molar-refractivity contribution in [1.29, 1.82) is 0 Å². The molecule has 2 aromatic carbocycles. The molecule has 1 aliphatic rings. The molecule has 6 nitrogen and oxygen atoms in total. The van der Waals surface area contributed by atoms with E-state index >= 15 is 0 Å². The predicted molar refractivity (Wildman–Crippen MR) is 119 cm³/mol. The van der Waals surface area contributed by atoms with Gasteiger partial charge in [0.15, 0.2) is 13.6 Å². The summed E-state index contributed by atoms with van der Waals surface area (Å²) in [7, 11) is 3.22. The average Bonchev–Trinajstić information content (AvgIpc) is 2.80. The van der Waals surface area contributed by atoms with Crippen molar-refractivity contribution < 1.29 is 18.9 Å². The molecule has 0 radical (unpaired) electrons. The number of aliphatic imine (C=N–C) groups is 2. The molecule has 30 heavy (non-hydrogen) atoms. The summed E-state index contributed by atoms with van der Waals surface area (Å²) >= 11 is 0. The molecule has 2 atom stereocenters. The first-order valence-corrected chi connectivity index (χ1v) is 10.3. The summed E-state index contributed by atoms with van der Waals surface area (Å²) in [4.78, 5) is 9.75. The highest BCUT2D eigenvalue weighted by atomic mass is 16.7. The molecule has 0 unspecified atom stereocenters. The third-order valence-corrected chi connectivity index (χ3v) is 5.01. The maximum Gasteiger partial charge on any atom is 0.188 e. The van der Waals surface area contributed by atoms with Gasteiger partial charge >= 0.3 is 0 Å². The van der Waals surface area contributed by atoms with Gasteiger partial charge in [0.25, 0.3) is 0 Å². The van der Waals surface area contributed by atoms with E-state index in [-0.39, 0.29) is 25.7 Å². The van der Waals surface area contributed by atoms with Gasteiger partial charge in [0.05, 0.1) is 12.1 Å². The first kappa shape index (κ1) is 22.0. The standard InChI is InChI=1S/C24H30N2O4/c1-27-17-29-23-13-7-3-9-19(23)15-25-21-11-5-6-12-22(21)26-16-20-10-4-8-14-24(20)30-18-28-2/h3-4,7-10,13-16,21-22H,5-6,11-12,17-18H2,1-2H3/t21-,22-/m1/s1. The first-order valence-electron chi connectivity index (χ1n) is 10.3. The van der Waals surface area contributed by atoms with E-state index in [2.05, 4.69) is 0 Å². The molecular weight excluding hydrogens is 380 g/mol. The van der Waals surface area contributed by atoms with Crippen LogP contribution in [0.15, 0.2) is 58.5 Å². The fraction of sp³-hybridized carbons (Fsp3) is 0.417. The lowest BCUT2D eigenvalue weighted by Gasteiger charge is -2.25. The van der Waals surface area contributed by atoms with E-state index in [4.69, 9.17) is 28.9 Å². The Kier molecular flexibility index (Phi) is 8.87. The molecule has 0 heterocycles. The minimum Gasteiger partial charge on any atom is -0.467 e. The Morgan fingerprint density at radius 3 is 1.60 bits per heavy atom. The lowest BCUT2D eigenvalue weighted by Crippen LogP contribution is -2.27. The van der Waals surface area contributed by atoms with E-state index in [1.807, 2.05) is 61.0 Å². The zero-order valence-electron chi connectivity index (χ0n) is 17.7. The van der Waals surface area contributed by atoms with Crippen molar-refractivity contribution in [3.8, 4) is 11.5 Å². The van der Waals surface area contributed by atoms with E-state index in [0.29, 0.717) is 0 Å². The van der Waals surface area contributed by atoms with Gasteiger partial charge in [-0.1, -0.05) is 37.1 Å². The Bertz CT molecular complexity index is 768. The Labute approximate surface area is 178 Å². The lowest BCUT2D eigenvalue weighted by atomic mass is 9.91. The highest BCUT2D eigenvalue weighted by molar-refractivity contribution is 5.84. The molecule has 0 spiro atoms. The molecule has 0 saturated heterocycles. The van der Waals surface area contributed by atoms with Crippen molar-refractivity contribution >= 4 is 12.4 Å². The maximum atomic E-state index is 5.64. The summed E-state index contributed by atoms with van der Waals surface area (Å²) < 4.78 is 21.3. The Hall–Kier alpha value is -2.70. The lowest BCUT2D eigenvalue weighted by molar-refractivity contribution is 0.0508. The zero-order valence-corrected chi connectivity index (χ0v) is 17.7. The average molecular weight is 411 g/mol. The van der Waals surface area contributed by atoms with Crippen molar-refractivity contribution in [1.82, 2.24) is 0 Å². The van der Waals surface area contributed by atoms with E-state index in [0.717, 1.165) is 35.5 Å². The molecular formula is C24H30N2O4. The minimum absolute atomic E-state index is 0.150. The van der Waals surface area contributed by atoms with Crippen LogP contribution in [0.5, 0.6) is 11.5 Å². The Morgan fingerprint density at radius 1 is 0.733 bits per heavy atom. The third-order valence-electron chi connectivity index (χ3n) is 5.01. The topological polar surface area (TPSA) is 61.6 Å². The number of methoxy groups -OCH3 is 2. The molecule has 2 aromatic rings. The Balaban J connectivity index is 1.72. The normalized spacial score (nSPS) is 19.4. The largest absolute Gasteiger partial charge is 0.467 e. The molecule has 0 amide bonds. The summed E-state index contributed by atoms with van der Waals surface area (Å²) in [6.07, 6.45) is 8.20. The highest BCUT2D eigenvalue weighted by Gasteiger charge is 2.23. The van der Waals surface area contributed by atoms with Crippen LogP contribution in [0.2, 0.25) is 0 Å². The summed E-state index contributed by atoms with van der Waals surface area (Å²) in [5, 5.41) is 0. The van der Waals surface area contributed by atoms with Crippen molar-refractivity contribution in [3.63, 3.8) is 0 Å². The van der Waals surface area contributed by atoms with Gasteiger partial charge < -0.3 is 18.9 Å². The van der Waals surface area contributed by atoms with E-state index in [1.165, 1.54) is 12.8 Å². The van der Waals surface area contributed by atoms with Crippen molar-refractivity contribution in [3.05, 3.63) is 59.7 Å². The van der Waals surface area contributed by atoms with Gasteiger partial charge in [-0.15, -0.1) is 0 Å². The van der Waals surface area contributed by atoms with Crippen molar-refractivity contribution in [2.75, 3.05) is 27.8 Å². The molecule has 1 aliphatic carbocycles. The third kappa shape index (κ3) is 6.40. The zero-order chi connectivity index (χ0) is 21.0. The summed E-state index contributed by atoms with van der Waals surface area (Å²) in [6.45, 7) is 0.428. The number of hydrogen-bond donors (Lipinski definition) is 0. The van der Waals surface area contributed by atoms with E-state index in [1.54, 1.807) is 14.2 Å². The van der Waals surface area contributed by atoms with E-state index < -0.39 is 0 Å². The molecule has 3 rings (SSSR count). The van der Waals surface area contributed by atoms with Crippen molar-refractivity contribution in [2.24, 2.45) is 9.98 Å². The van der Waals surface area contributed by atoms with Gasteiger partial charge in [-0.2, -0.15) is 0 Å². The second-order valence-corrected chi connectivity index (χ2v) is 7.15. The fourth-order valence-corrected chi connectivity index (χ4v) is 3.47. The number of hydrogen-bond acceptors (Lipinski definition) is 6. The smallest absolute Gasteiger partial charge is 0.188 e. The van der Waals surface area contributed by atoms with Gasteiger partial charge in [0.1, 0.15) is 11.5 Å². The number of para-hydroxylation sites is 2. The summed E-state index contributed by atoms with van der Waals surface area (Å²) in [5.41, 5.74) is 1.89. The summed E-state index contributed by atoms with van der Waals surface area (Å²) in [5.74, 6) is 1.53. The van der Waals surface area contributed by atoms with Crippen LogP contribution in [-0.2, 0) is 9.47 Å². The maximum absolute atomic E-state index is 5.64. The number of nitrogens with zero attached hydrogens (tertiary/aromatic N) is 2. The molecule has 0 N–H and O–H groups in total. The molecule has 0 aromatic heterocycles. The van der Waals surface area contributed by atoms with Gasteiger partial charge in [-0.3, -0.25) is 9.98 Å². The van der Waals surface area contributed by atoms with Gasteiger partial charge in [-0.25, -0.2) is 0 Å². The van der Waals surface area contributed by atoms with Crippen LogP contribution in [0.25, 0.3) is 0 Å². The number of ether oxygens (including phenoxy) is 4. The quantitative estimate of drug-likeness (QED) is 0.427. The Morgan fingerprint density at radius 2 is 1.17 bits per heavy atom. The van der Waals surface area contributed by atoms with Crippen LogP contribution >= 0.6 is 0 Å². The SMILES string of the molecule is COCOc1ccccc1C=N[C@@H]1CCCC[C@H]1N=Cc1ccccc1OCOC. The van der Waals surface area contributed by atoms with Crippen LogP contribution in [0.1, 0.15) is 36.8 Å². The van der Waals surface area contributed by atoms with Crippen LogP contribution in [0.3, 0.4) is 0 Å². The fourth-order valence-electron chi connectivity index (χ4n) is 3.47. The molecule has 6 heteroatoms. The van der Waals surface area contributed by atoms with Gasteiger partial charge in [-0.05, 0) is 37.1 Å². The van der Waals surface area contributed by atoms with Gasteiger partial charge in [0.2, 0.25) is 0 Å². The van der Waals surface area contributed by atoms with Crippen LogP contribution < -0.4 is 9.47 Å².